The number of nitrogens with zero attached hydrogens (tertiary/aromatic N) is 1. The molecule has 0 fully saturated rings. The Kier molecular flexibility index (Phi) is 3.46. The van der Waals surface area contributed by atoms with Crippen molar-refractivity contribution >= 4 is 5.97 Å². The van der Waals surface area contributed by atoms with Crippen molar-refractivity contribution in [3.63, 3.8) is 0 Å². The standard InChI is InChI=1S/C14H12FNO3/c1-8-3-4-10(15)11(7-8)19-13-12(14(17)18)9(2)5-6-16-13/h3-7H,1-2H3,(H,17,18). The summed E-state index contributed by atoms with van der Waals surface area (Å²) in [6.45, 7) is 3.42. The Morgan fingerprint density at radius 1 is 1.32 bits per heavy atom. The van der Waals surface area contributed by atoms with E-state index in [4.69, 9.17) is 9.84 Å². The van der Waals surface area contributed by atoms with Gasteiger partial charge in [0.15, 0.2) is 11.6 Å². The number of ether oxygens (including phenoxy) is 1. The van der Waals surface area contributed by atoms with Gasteiger partial charge in [-0.2, -0.15) is 0 Å². The zero-order chi connectivity index (χ0) is 14.0. The zero-order valence-electron chi connectivity index (χ0n) is 10.5. The quantitative estimate of drug-likeness (QED) is 0.920. The van der Waals surface area contributed by atoms with Gasteiger partial charge >= 0.3 is 5.97 Å². The summed E-state index contributed by atoms with van der Waals surface area (Å²) in [4.78, 5) is 15.0. The molecule has 0 unspecified atom stereocenters. The molecule has 19 heavy (non-hydrogen) atoms. The van der Waals surface area contributed by atoms with Gasteiger partial charge < -0.3 is 9.84 Å². The Labute approximate surface area is 109 Å². The van der Waals surface area contributed by atoms with E-state index in [1.54, 1.807) is 26.0 Å². The Bertz CT molecular complexity index is 641. The number of carboxylic acids is 1. The Morgan fingerprint density at radius 3 is 2.74 bits per heavy atom. The summed E-state index contributed by atoms with van der Waals surface area (Å²) < 4.78 is 18.9. The van der Waals surface area contributed by atoms with Gasteiger partial charge in [0.2, 0.25) is 5.88 Å². The molecule has 1 aromatic carbocycles. The molecule has 0 aliphatic heterocycles. The monoisotopic (exact) mass is 261 g/mol. The third-order valence-electron chi connectivity index (χ3n) is 2.63. The van der Waals surface area contributed by atoms with E-state index in [2.05, 4.69) is 4.98 Å². The van der Waals surface area contributed by atoms with Crippen LogP contribution in [0.15, 0.2) is 30.5 Å². The summed E-state index contributed by atoms with van der Waals surface area (Å²) in [7, 11) is 0. The van der Waals surface area contributed by atoms with Crippen molar-refractivity contribution in [2.45, 2.75) is 13.8 Å². The number of aryl methyl sites for hydroxylation is 2. The van der Waals surface area contributed by atoms with Crippen LogP contribution in [-0.2, 0) is 0 Å². The van der Waals surface area contributed by atoms with E-state index in [0.717, 1.165) is 5.56 Å². The number of hydrogen-bond acceptors (Lipinski definition) is 3. The van der Waals surface area contributed by atoms with Crippen molar-refractivity contribution in [1.29, 1.82) is 0 Å². The number of pyridine rings is 1. The first-order chi connectivity index (χ1) is 8.99. The molecule has 2 aromatic rings. The van der Waals surface area contributed by atoms with Gasteiger partial charge in [0.25, 0.3) is 0 Å². The number of benzene rings is 1. The number of halogens is 1. The average Bonchev–Trinajstić information content (AvgIpc) is 2.33. The molecular formula is C14H12FNO3. The van der Waals surface area contributed by atoms with Crippen molar-refractivity contribution < 1.29 is 19.0 Å². The van der Waals surface area contributed by atoms with Gasteiger partial charge in [-0.05, 0) is 43.2 Å². The minimum Gasteiger partial charge on any atom is -0.477 e. The fourth-order valence-corrected chi connectivity index (χ4v) is 1.66. The van der Waals surface area contributed by atoms with E-state index in [0.29, 0.717) is 5.56 Å². The Hall–Kier alpha value is -2.43. The molecule has 2 rings (SSSR count). The lowest BCUT2D eigenvalue weighted by Crippen LogP contribution is -2.05. The molecule has 0 saturated carbocycles. The van der Waals surface area contributed by atoms with Gasteiger partial charge in [-0.15, -0.1) is 0 Å². The van der Waals surface area contributed by atoms with Crippen LogP contribution in [0.1, 0.15) is 21.5 Å². The molecule has 1 N–H and O–H groups in total. The summed E-state index contributed by atoms with van der Waals surface area (Å²) in [6.07, 6.45) is 1.42. The van der Waals surface area contributed by atoms with Gasteiger partial charge in [0, 0.05) is 6.20 Å². The molecule has 0 aliphatic carbocycles. The number of hydrogen-bond donors (Lipinski definition) is 1. The normalized spacial score (nSPS) is 10.3. The van der Waals surface area contributed by atoms with Gasteiger partial charge in [-0.3, -0.25) is 0 Å². The van der Waals surface area contributed by atoms with E-state index in [1.807, 2.05) is 0 Å². The number of carbonyl (C=O) groups is 1. The second-order valence-electron chi connectivity index (χ2n) is 4.15. The minimum atomic E-state index is -1.16. The number of aromatic nitrogens is 1. The van der Waals surface area contributed by atoms with Gasteiger partial charge in [-0.1, -0.05) is 6.07 Å². The molecule has 98 valence electrons. The summed E-state index contributed by atoms with van der Waals surface area (Å²) in [5.74, 6) is -1.88. The summed E-state index contributed by atoms with van der Waals surface area (Å²) in [5, 5.41) is 9.13. The van der Waals surface area contributed by atoms with E-state index in [9.17, 15) is 9.18 Å². The molecule has 5 heteroatoms. The van der Waals surface area contributed by atoms with Crippen LogP contribution in [0.4, 0.5) is 4.39 Å². The van der Waals surface area contributed by atoms with Crippen LogP contribution in [-0.4, -0.2) is 16.1 Å². The summed E-state index contributed by atoms with van der Waals surface area (Å²) in [5.41, 5.74) is 1.25. The number of carboxylic acid groups (broad SMARTS) is 1. The third-order valence-corrected chi connectivity index (χ3v) is 2.63. The fraction of sp³-hybridized carbons (Fsp3) is 0.143. The molecule has 0 atom stereocenters. The number of rotatable bonds is 3. The lowest BCUT2D eigenvalue weighted by Gasteiger charge is -2.10. The van der Waals surface area contributed by atoms with Crippen LogP contribution in [0, 0.1) is 19.7 Å². The van der Waals surface area contributed by atoms with Crippen molar-refractivity contribution in [3.05, 3.63) is 53.0 Å². The van der Waals surface area contributed by atoms with Gasteiger partial charge in [0.1, 0.15) is 5.56 Å². The second-order valence-corrected chi connectivity index (χ2v) is 4.15. The topological polar surface area (TPSA) is 59.4 Å². The maximum Gasteiger partial charge on any atom is 0.341 e. The summed E-state index contributed by atoms with van der Waals surface area (Å²) in [6, 6.07) is 5.92. The van der Waals surface area contributed by atoms with E-state index < -0.39 is 11.8 Å². The highest BCUT2D eigenvalue weighted by Crippen LogP contribution is 2.27. The van der Waals surface area contributed by atoms with Crippen molar-refractivity contribution in [2.24, 2.45) is 0 Å². The smallest absolute Gasteiger partial charge is 0.341 e. The van der Waals surface area contributed by atoms with Gasteiger partial charge in [-0.25, -0.2) is 14.2 Å². The minimum absolute atomic E-state index is 0.0411. The largest absolute Gasteiger partial charge is 0.477 e. The highest BCUT2D eigenvalue weighted by atomic mass is 19.1. The van der Waals surface area contributed by atoms with Gasteiger partial charge in [0.05, 0.1) is 0 Å². The zero-order valence-corrected chi connectivity index (χ0v) is 10.5. The summed E-state index contributed by atoms with van der Waals surface area (Å²) >= 11 is 0. The molecule has 0 amide bonds. The molecule has 0 spiro atoms. The lowest BCUT2D eigenvalue weighted by atomic mass is 10.1. The predicted octanol–water partition coefficient (Wildman–Crippen LogP) is 3.33. The average molecular weight is 261 g/mol. The van der Waals surface area contributed by atoms with Crippen LogP contribution in [0.25, 0.3) is 0 Å². The predicted molar refractivity (Wildman–Crippen MR) is 67.1 cm³/mol. The SMILES string of the molecule is Cc1ccc(F)c(Oc2nccc(C)c2C(=O)O)c1. The molecule has 0 radical (unpaired) electrons. The molecule has 4 nitrogen and oxygen atoms in total. The van der Waals surface area contributed by atoms with Crippen LogP contribution >= 0.6 is 0 Å². The van der Waals surface area contributed by atoms with Crippen LogP contribution in [0.5, 0.6) is 11.6 Å². The maximum atomic E-state index is 13.6. The Balaban J connectivity index is 2.46. The number of aromatic carboxylic acids is 1. The molecule has 0 aliphatic rings. The second kappa shape index (κ2) is 5.06. The van der Waals surface area contributed by atoms with Crippen molar-refractivity contribution in [3.8, 4) is 11.6 Å². The fourth-order valence-electron chi connectivity index (χ4n) is 1.66. The molecule has 0 saturated heterocycles. The Morgan fingerprint density at radius 2 is 2.05 bits per heavy atom. The molecule has 0 bridgehead atoms. The highest BCUT2D eigenvalue weighted by molar-refractivity contribution is 5.91. The van der Waals surface area contributed by atoms with Crippen LogP contribution in [0.3, 0.4) is 0 Å². The lowest BCUT2D eigenvalue weighted by molar-refractivity contribution is 0.0692. The first-order valence-electron chi connectivity index (χ1n) is 5.62. The third kappa shape index (κ3) is 2.70. The van der Waals surface area contributed by atoms with E-state index in [-0.39, 0.29) is 17.2 Å². The molecule has 1 aromatic heterocycles. The van der Waals surface area contributed by atoms with E-state index in [1.165, 1.54) is 18.3 Å². The van der Waals surface area contributed by atoms with Crippen molar-refractivity contribution in [2.75, 3.05) is 0 Å². The highest BCUT2D eigenvalue weighted by Gasteiger charge is 2.17. The molecular weight excluding hydrogens is 249 g/mol. The first kappa shape index (κ1) is 13.0. The maximum absolute atomic E-state index is 13.6. The van der Waals surface area contributed by atoms with E-state index >= 15 is 0 Å². The first-order valence-corrected chi connectivity index (χ1v) is 5.62. The van der Waals surface area contributed by atoms with Crippen LogP contribution in [0.2, 0.25) is 0 Å². The molecule has 1 heterocycles. The van der Waals surface area contributed by atoms with Crippen molar-refractivity contribution in [1.82, 2.24) is 4.98 Å². The van der Waals surface area contributed by atoms with Crippen LogP contribution < -0.4 is 4.74 Å².